The fourth-order valence-corrected chi connectivity index (χ4v) is 3.12. The van der Waals surface area contributed by atoms with Crippen molar-refractivity contribution < 1.29 is 13.2 Å². The molecule has 1 aliphatic rings. The summed E-state index contributed by atoms with van der Waals surface area (Å²) >= 11 is 0. The van der Waals surface area contributed by atoms with Crippen molar-refractivity contribution >= 4 is 15.7 Å². The minimum Gasteiger partial charge on any atom is -0.332 e. The Labute approximate surface area is 125 Å². The summed E-state index contributed by atoms with van der Waals surface area (Å²) in [5, 5.41) is 0. The van der Waals surface area contributed by atoms with Crippen molar-refractivity contribution in [1.82, 2.24) is 9.80 Å². The number of benzene rings is 1. The molecule has 1 aromatic rings. The first kappa shape index (κ1) is 15.9. The number of nitrogens with zero attached hydrogens (tertiary/aromatic N) is 2. The summed E-state index contributed by atoms with van der Waals surface area (Å²) in [6.07, 6.45) is 1.15. The molecule has 0 spiro atoms. The molecule has 2 N–H and O–H groups in total. The summed E-state index contributed by atoms with van der Waals surface area (Å²) in [5.74, 6) is -0.0985. The highest BCUT2D eigenvalue weighted by Gasteiger charge is 2.28. The molecule has 1 atom stereocenters. The van der Waals surface area contributed by atoms with Crippen molar-refractivity contribution in [3.63, 3.8) is 0 Å². The molecule has 1 heterocycles. The monoisotopic (exact) mass is 311 g/mol. The first-order valence-corrected chi connectivity index (χ1v) is 8.72. The first-order valence-electron chi connectivity index (χ1n) is 6.82. The third kappa shape index (κ3) is 3.61. The van der Waals surface area contributed by atoms with Gasteiger partial charge in [-0.3, -0.25) is 4.79 Å². The Morgan fingerprint density at radius 1 is 1.29 bits per heavy atom. The van der Waals surface area contributed by atoms with Gasteiger partial charge in [0.05, 0.1) is 10.9 Å². The molecule has 0 radical (unpaired) electrons. The van der Waals surface area contributed by atoms with Gasteiger partial charge in [-0.1, -0.05) is 0 Å². The largest absolute Gasteiger partial charge is 0.332 e. The van der Waals surface area contributed by atoms with E-state index in [1.807, 2.05) is 7.05 Å². The molecule has 2 rings (SSSR count). The summed E-state index contributed by atoms with van der Waals surface area (Å²) in [6.45, 7) is 2.61. The quantitative estimate of drug-likeness (QED) is 0.836. The van der Waals surface area contributed by atoms with Crippen molar-refractivity contribution in [2.45, 2.75) is 10.9 Å². The van der Waals surface area contributed by atoms with Gasteiger partial charge in [-0.05, 0) is 31.3 Å². The second-order valence-electron chi connectivity index (χ2n) is 5.45. The highest BCUT2D eigenvalue weighted by molar-refractivity contribution is 7.90. The van der Waals surface area contributed by atoms with Crippen LogP contribution in [0.15, 0.2) is 29.2 Å². The van der Waals surface area contributed by atoms with E-state index in [0.29, 0.717) is 18.7 Å². The van der Waals surface area contributed by atoms with E-state index >= 15 is 0 Å². The third-order valence-corrected chi connectivity index (χ3v) is 4.88. The van der Waals surface area contributed by atoms with Crippen LogP contribution in [0, 0.1) is 0 Å². The molecule has 21 heavy (non-hydrogen) atoms. The maximum Gasteiger partial charge on any atom is 0.254 e. The van der Waals surface area contributed by atoms with Gasteiger partial charge in [0.2, 0.25) is 0 Å². The third-order valence-electron chi connectivity index (χ3n) is 3.75. The van der Waals surface area contributed by atoms with E-state index < -0.39 is 9.84 Å². The number of hydrogen-bond donors (Lipinski definition) is 1. The van der Waals surface area contributed by atoms with Gasteiger partial charge >= 0.3 is 0 Å². The smallest absolute Gasteiger partial charge is 0.254 e. The van der Waals surface area contributed by atoms with Gasteiger partial charge in [0.25, 0.3) is 5.91 Å². The normalized spacial score (nSPS) is 20.5. The zero-order valence-electron chi connectivity index (χ0n) is 12.3. The summed E-state index contributed by atoms with van der Waals surface area (Å²) in [6, 6.07) is 6.05. The average molecular weight is 311 g/mol. The van der Waals surface area contributed by atoms with Gasteiger partial charge in [0.15, 0.2) is 9.84 Å². The molecule has 0 bridgehead atoms. The molecule has 7 heteroatoms. The molecule has 1 saturated heterocycles. The molecule has 1 aromatic carbocycles. The predicted molar refractivity (Wildman–Crippen MR) is 80.9 cm³/mol. The lowest BCUT2D eigenvalue weighted by atomic mass is 10.1. The summed E-state index contributed by atoms with van der Waals surface area (Å²) in [7, 11) is -1.24. The Kier molecular flexibility index (Phi) is 4.65. The average Bonchev–Trinajstić information content (AvgIpc) is 2.45. The number of rotatable bonds is 3. The summed E-state index contributed by atoms with van der Waals surface area (Å²) < 4.78 is 22.9. The molecular formula is C14H21N3O3S. The number of nitrogens with two attached hydrogens (primary N) is 1. The van der Waals surface area contributed by atoms with Crippen LogP contribution in [0.25, 0.3) is 0 Å². The maximum atomic E-state index is 12.5. The van der Waals surface area contributed by atoms with Gasteiger partial charge < -0.3 is 15.5 Å². The van der Waals surface area contributed by atoms with Crippen LogP contribution >= 0.6 is 0 Å². The highest BCUT2D eigenvalue weighted by Crippen LogP contribution is 2.15. The van der Waals surface area contributed by atoms with E-state index in [1.54, 1.807) is 17.0 Å². The Balaban J connectivity index is 2.19. The van der Waals surface area contributed by atoms with Gasteiger partial charge in [-0.2, -0.15) is 0 Å². The molecule has 0 aromatic heterocycles. The zero-order chi connectivity index (χ0) is 15.6. The van der Waals surface area contributed by atoms with Crippen LogP contribution in [0.3, 0.4) is 0 Å². The van der Waals surface area contributed by atoms with E-state index in [2.05, 4.69) is 4.90 Å². The molecule has 0 saturated carbocycles. The number of carbonyl (C=O) groups is 1. The Morgan fingerprint density at radius 2 is 1.90 bits per heavy atom. The van der Waals surface area contributed by atoms with Crippen molar-refractivity contribution in [2.24, 2.45) is 5.73 Å². The first-order chi connectivity index (χ1) is 9.82. The van der Waals surface area contributed by atoms with Crippen LogP contribution in [0.2, 0.25) is 0 Å². The molecule has 1 fully saturated rings. The molecule has 6 nitrogen and oxygen atoms in total. The van der Waals surface area contributed by atoms with Crippen LogP contribution in [0.1, 0.15) is 10.4 Å². The number of carbonyl (C=O) groups excluding carboxylic acids is 1. The number of amides is 1. The van der Waals surface area contributed by atoms with Crippen molar-refractivity contribution in [3.8, 4) is 0 Å². The number of hydrogen-bond acceptors (Lipinski definition) is 5. The molecule has 1 aliphatic heterocycles. The molecule has 1 unspecified atom stereocenters. The summed E-state index contributed by atoms with van der Waals surface area (Å²) in [4.78, 5) is 16.7. The lowest BCUT2D eigenvalue weighted by Crippen LogP contribution is -2.56. The second-order valence-corrected chi connectivity index (χ2v) is 7.46. The lowest BCUT2D eigenvalue weighted by Gasteiger charge is -2.39. The van der Waals surface area contributed by atoms with Crippen LogP contribution < -0.4 is 5.73 Å². The highest BCUT2D eigenvalue weighted by atomic mass is 32.2. The Bertz CT molecular complexity index is 613. The Hall–Kier alpha value is -1.44. The Morgan fingerprint density at radius 3 is 2.43 bits per heavy atom. The summed E-state index contributed by atoms with van der Waals surface area (Å²) in [5.41, 5.74) is 6.24. The van der Waals surface area contributed by atoms with E-state index in [-0.39, 0.29) is 16.8 Å². The second kappa shape index (κ2) is 6.13. The van der Waals surface area contributed by atoms with Crippen molar-refractivity contribution in [1.29, 1.82) is 0 Å². The van der Waals surface area contributed by atoms with Crippen molar-refractivity contribution in [2.75, 3.05) is 39.5 Å². The van der Waals surface area contributed by atoms with E-state index in [9.17, 15) is 13.2 Å². The van der Waals surface area contributed by atoms with Gasteiger partial charge in [-0.15, -0.1) is 0 Å². The molecule has 116 valence electrons. The molecular weight excluding hydrogens is 290 g/mol. The van der Waals surface area contributed by atoms with Crippen molar-refractivity contribution in [3.05, 3.63) is 29.8 Å². The van der Waals surface area contributed by atoms with Crippen LogP contribution in [0.4, 0.5) is 0 Å². The minimum atomic E-state index is -3.24. The van der Waals surface area contributed by atoms with Gasteiger partial charge in [-0.25, -0.2) is 8.42 Å². The van der Waals surface area contributed by atoms with Gasteiger partial charge in [0.1, 0.15) is 0 Å². The fourth-order valence-electron chi connectivity index (χ4n) is 2.49. The lowest BCUT2D eigenvalue weighted by molar-refractivity contribution is 0.0516. The number of piperazine rings is 1. The maximum absolute atomic E-state index is 12.5. The predicted octanol–water partition coefficient (Wildman–Crippen LogP) is -0.195. The fraction of sp³-hybridized carbons (Fsp3) is 0.500. The topological polar surface area (TPSA) is 83.7 Å². The number of sulfone groups is 1. The van der Waals surface area contributed by atoms with Gasteiger partial charge in [0, 0.05) is 38.0 Å². The molecule has 1 amide bonds. The molecule has 0 aliphatic carbocycles. The van der Waals surface area contributed by atoms with Crippen LogP contribution in [0.5, 0.6) is 0 Å². The van der Waals surface area contributed by atoms with E-state index in [1.165, 1.54) is 12.1 Å². The minimum absolute atomic E-state index is 0.00849. The van der Waals surface area contributed by atoms with Crippen LogP contribution in [-0.2, 0) is 9.84 Å². The van der Waals surface area contributed by atoms with Crippen LogP contribution in [-0.4, -0.2) is 69.6 Å². The standard InChI is InChI=1S/C14H21N3O3S/c1-16-7-8-17(12(9-15)10-16)14(18)11-3-5-13(6-4-11)21(2,19)20/h3-6,12H,7-10,15H2,1-2H3. The number of likely N-dealkylation sites (N-methyl/N-ethyl adjacent to an activating group) is 1. The SMILES string of the molecule is CN1CCN(C(=O)c2ccc(S(C)(=O)=O)cc2)C(CN)C1. The zero-order valence-corrected chi connectivity index (χ0v) is 13.1. The van der Waals surface area contributed by atoms with E-state index in [0.717, 1.165) is 19.3 Å². The van der Waals surface area contributed by atoms with E-state index in [4.69, 9.17) is 5.73 Å².